The van der Waals surface area contributed by atoms with Crippen LogP contribution in [0, 0.1) is 0 Å². The first-order chi connectivity index (χ1) is 10.3. The maximum absolute atomic E-state index is 12.4. The van der Waals surface area contributed by atoms with Gasteiger partial charge in [-0.25, -0.2) is 0 Å². The summed E-state index contributed by atoms with van der Waals surface area (Å²) >= 11 is 4.23. The Kier molecular flexibility index (Phi) is 7.14. The normalized spacial score (nSPS) is 14.3. The molecule has 2 nitrogen and oxygen atoms in total. The van der Waals surface area contributed by atoms with Crippen molar-refractivity contribution in [3.8, 4) is 0 Å². The summed E-state index contributed by atoms with van der Waals surface area (Å²) in [6.45, 7) is 1.81. The number of hydrogen-bond acceptors (Lipinski definition) is 2. The van der Waals surface area contributed by atoms with Gasteiger partial charge in [-0.05, 0) is 36.6 Å². The minimum atomic E-state index is 0.227. The van der Waals surface area contributed by atoms with E-state index in [1.54, 1.807) is 0 Å². The Labute approximate surface area is 134 Å². The molecule has 0 fully saturated rings. The number of nitrogens with zero attached hydrogens (tertiary/aromatic N) is 1. The van der Waals surface area contributed by atoms with Crippen molar-refractivity contribution >= 4 is 18.5 Å². The average molecular weight is 305 g/mol. The zero-order valence-electron chi connectivity index (χ0n) is 12.9. The first-order valence-corrected chi connectivity index (χ1v) is 8.94. The monoisotopic (exact) mass is 305 g/mol. The van der Waals surface area contributed by atoms with Crippen molar-refractivity contribution in [1.29, 1.82) is 0 Å². The third-order valence-corrected chi connectivity index (χ3v) is 4.59. The molecule has 1 aromatic rings. The first kappa shape index (κ1) is 16.4. The number of amides is 1. The molecule has 1 aliphatic rings. The van der Waals surface area contributed by atoms with Crippen LogP contribution in [-0.2, 0) is 6.42 Å². The lowest BCUT2D eigenvalue weighted by Gasteiger charge is -2.28. The molecule has 0 radical (unpaired) electrons. The molecule has 1 amide bonds. The lowest BCUT2D eigenvalue weighted by Crippen LogP contribution is -2.38. The molecule has 1 heterocycles. The van der Waals surface area contributed by atoms with Crippen LogP contribution in [0.25, 0.3) is 0 Å². The van der Waals surface area contributed by atoms with Crippen LogP contribution in [0.5, 0.6) is 0 Å². The van der Waals surface area contributed by atoms with Gasteiger partial charge in [-0.3, -0.25) is 4.79 Å². The summed E-state index contributed by atoms with van der Waals surface area (Å²) in [5.41, 5.74) is 2.12. The topological polar surface area (TPSA) is 20.3 Å². The summed E-state index contributed by atoms with van der Waals surface area (Å²) in [6.07, 6.45) is 9.89. The first-order valence-electron chi connectivity index (χ1n) is 8.31. The van der Waals surface area contributed by atoms with Gasteiger partial charge in [0.1, 0.15) is 0 Å². The van der Waals surface area contributed by atoms with E-state index in [2.05, 4.69) is 18.7 Å². The van der Waals surface area contributed by atoms with Gasteiger partial charge < -0.3 is 4.90 Å². The highest BCUT2D eigenvalue weighted by Crippen LogP contribution is 2.19. The molecule has 0 saturated heterocycles. The molecule has 0 N–H and O–H groups in total. The van der Waals surface area contributed by atoms with Crippen LogP contribution in [0.4, 0.5) is 0 Å². The van der Waals surface area contributed by atoms with Gasteiger partial charge in [0, 0.05) is 18.7 Å². The number of fused-ring (bicyclic) bond motifs is 1. The van der Waals surface area contributed by atoms with Gasteiger partial charge in [0.15, 0.2) is 0 Å². The lowest BCUT2D eigenvalue weighted by molar-refractivity contribution is 0.0736. The van der Waals surface area contributed by atoms with Crippen LogP contribution in [0.15, 0.2) is 24.3 Å². The van der Waals surface area contributed by atoms with Crippen LogP contribution in [0.1, 0.15) is 60.9 Å². The number of carbonyl (C=O) groups is 1. The van der Waals surface area contributed by atoms with Crippen molar-refractivity contribution in [2.45, 2.75) is 51.4 Å². The van der Waals surface area contributed by atoms with Crippen LogP contribution in [-0.4, -0.2) is 29.6 Å². The molecule has 3 heteroatoms. The second-order valence-electron chi connectivity index (χ2n) is 5.90. The van der Waals surface area contributed by atoms with Crippen molar-refractivity contribution in [3.05, 3.63) is 35.4 Å². The Morgan fingerprint density at radius 3 is 2.38 bits per heavy atom. The number of unbranched alkanes of at least 4 members (excludes halogenated alkanes) is 6. The summed E-state index contributed by atoms with van der Waals surface area (Å²) < 4.78 is 0. The number of benzene rings is 1. The Morgan fingerprint density at radius 1 is 0.952 bits per heavy atom. The Hall–Kier alpha value is -0.960. The van der Waals surface area contributed by atoms with Crippen LogP contribution in [0.2, 0.25) is 0 Å². The molecule has 0 aliphatic carbocycles. The molecule has 1 aliphatic heterocycles. The summed E-state index contributed by atoms with van der Waals surface area (Å²) in [5.74, 6) is 1.24. The minimum Gasteiger partial charge on any atom is -0.338 e. The highest BCUT2D eigenvalue weighted by molar-refractivity contribution is 7.80. The summed E-state index contributed by atoms with van der Waals surface area (Å²) in [7, 11) is 0. The van der Waals surface area contributed by atoms with E-state index >= 15 is 0 Å². The summed E-state index contributed by atoms with van der Waals surface area (Å²) in [4.78, 5) is 14.4. The van der Waals surface area contributed by atoms with E-state index in [4.69, 9.17) is 0 Å². The van der Waals surface area contributed by atoms with Gasteiger partial charge in [0.25, 0.3) is 5.91 Å². The fourth-order valence-electron chi connectivity index (χ4n) is 2.99. The fraction of sp³-hybridized carbons (Fsp3) is 0.611. The highest BCUT2D eigenvalue weighted by atomic mass is 32.1. The second-order valence-corrected chi connectivity index (χ2v) is 6.35. The molecule has 2 rings (SSSR count). The van der Waals surface area contributed by atoms with Crippen molar-refractivity contribution in [2.24, 2.45) is 0 Å². The summed E-state index contributed by atoms with van der Waals surface area (Å²) in [5, 5.41) is 0. The molecular formula is C18H27NOS. The van der Waals surface area contributed by atoms with Crippen molar-refractivity contribution in [1.82, 2.24) is 4.90 Å². The third kappa shape index (κ3) is 5.06. The molecule has 0 bridgehead atoms. The molecule has 1 aromatic carbocycles. The molecule has 0 aromatic heterocycles. The lowest BCUT2D eigenvalue weighted by atomic mass is 9.99. The Bertz CT molecular complexity index is 447. The van der Waals surface area contributed by atoms with Crippen LogP contribution < -0.4 is 0 Å². The molecule has 0 spiro atoms. The van der Waals surface area contributed by atoms with E-state index in [1.165, 1.54) is 44.1 Å². The van der Waals surface area contributed by atoms with Gasteiger partial charge in [0.2, 0.25) is 0 Å². The molecule has 116 valence electrons. The van der Waals surface area contributed by atoms with Gasteiger partial charge in [-0.1, -0.05) is 50.3 Å². The van der Waals surface area contributed by atoms with E-state index < -0.39 is 0 Å². The predicted molar refractivity (Wildman–Crippen MR) is 92.2 cm³/mol. The predicted octanol–water partition coefficient (Wildman–Crippen LogP) is 4.35. The van der Waals surface area contributed by atoms with Crippen molar-refractivity contribution in [3.63, 3.8) is 0 Å². The van der Waals surface area contributed by atoms with E-state index in [-0.39, 0.29) is 5.91 Å². The van der Waals surface area contributed by atoms with Gasteiger partial charge in [0.05, 0.1) is 0 Å². The standard InChI is InChI=1S/C18H27NOS/c20-18-17-11-7-6-10-16(17)12-14-19(18)13-8-4-2-1-3-5-9-15-21/h6-7,10-11,21H,1-5,8-9,12-15H2. The van der Waals surface area contributed by atoms with E-state index in [9.17, 15) is 4.79 Å². The summed E-state index contributed by atoms with van der Waals surface area (Å²) in [6, 6.07) is 8.03. The number of thiol groups is 1. The minimum absolute atomic E-state index is 0.227. The number of carbonyl (C=O) groups excluding carboxylic acids is 1. The zero-order chi connectivity index (χ0) is 14.9. The number of rotatable bonds is 9. The fourth-order valence-corrected chi connectivity index (χ4v) is 3.21. The van der Waals surface area contributed by atoms with E-state index in [1.807, 2.05) is 23.1 Å². The van der Waals surface area contributed by atoms with Gasteiger partial charge >= 0.3 is 0 Å². The van der Waals surface area contributed by atoms with E-state index in [0.717, 1.165) is 37.2 Å². The molecular weight excluding hydrogens is 278 g/mol. The van der Waals surface area contributed by atoms with Crippen molar-refractivity contribution < 1.29 is 4.79 Å². The van der Waals surface area contributed by atoms with Gasteiger partial charge in [-0.2, -0.15) is 12.6 Å². The van der Waals surface area contributed by atoms with Crippen LogP contribution >= 0.6 is 12.6 Å². The van der Waals surface area contributed by atoms with Gasteiger partial charge in [-0.15, -0.1) is 0 Å². The second kappa shape index (κ2) is 9.14. The molecule has 0 atom stereocenters. The maximum atomic E-state index is 12.4. The Balaban J connectivity index is 1.63. The smallest absolute Gasteiger partial charge is 0.254 e. The average Bonchev–Trinajstić information content (AvgIpc) is 2.52. The van der Waals surface area contributed by atoms with E-state index in [0.29, 0.717) is 0 Å². The largest absolute Gasteiger partial charge is 0.338 e. The van der Waals surface area contributed by atoms with Crippen LogP contribution in [0.3, 0.4) is 0 Å². The SMILES string of the molecule is O=C1c2ccccc2CCN1CCCCCCCCCS. The number of hydrogen-bond donors (Lipinski definition) is 1. The quantitative estimate of drug-likeness (QED) is 0.531. The Morgan fingerprint density at radius 2 is 1.62 bits per heavy atom. The highest BCUT2D eigenvalue weighted by Gasteiger charge is 2.22. The zero-order valence-corrected chi connectivity index (χ0v) is 13.8. The maximum Gasteiger partial charge on any atom is 0.254 e. The molecule has 0 saturated carbocycles. The molecule has 21 heavy (non-hydrogen) atoms. The third-order valence-electron chi connectivity index (χ3n) is 4.27. The van der Waals surface area contributed by atoms with Crippen molar-refractivity contribution in [2.75, 3.05) is 18.8 Å². The molecule has 0 unspecified atom stereocenters.